The molecule has 25 heavy (non-hydrogen) atoms. The molecule has 132 valence electrons. The molecule has 6 heteroatoms. The monoisotopic (exact) mass is 358 g/mol. The number of rotatable bonds is 6. The molecule has 0 aliphatic heterocycles. The molecule has 0 radical (unpaired) electrons. The van der Waals surface area contributed by atoms with Gasteiger partial charge >= 0.3 is 0 Å². The predicted octanol–water partition coefficient (Wildman–Crippen LogP) is 3.09. The van der Waals surface area contributed by atoms with Crippen LogP contribution in [-0.2, 0) is 22.7 Å². The van der Waals surface area contributed by atoms with Gasteiger partial charge in [-0.2, -0.15) is 0 Å². The Labute approximate surface area is 148 Å². The smallest absolute Gasteiger partial charge is 0.175 e. The van der Waals surface area contributed by atoms with E-state index >= 15 is 0 Å². The van der Waals surface area contributed by atoms with Gasteiger partial charge in [-0.25, -0.2) is 8.42 Å². The number of fused-ring (bicyclic) bond motifs is 1. The predicted molar refractivity (Wildman–Crippen MR) is 100 cm³/mol. The minimum Gasteiger partial charge on any atom is -0.496 e. The lowest BCUT2D eigenvalue weighted by atomic mass is 10.1. The van der Waals surface area contributed by atoms with Crippen LogP contribution in [0, 0.1) is 0 Å². The molecule has 0 saturated heterocycles. The van der Waals surface area contributed by atoms with E-state index in [1.807, 2.05) is 0 Å². The summed E-state index contributed by atoms with van der Waals surface area (Å²) in [5, 5.41) is 3.39. The summed E-state index contributed by atoms with van der Waals surface area (Å²) in [4.78, 5) is 5.02. The van der Waals surface area contributed by atoms with Gasteiger partial charge in [-0.05, 0) is 25.1 Å². The maximum absolute atomic E-state index is 11.7. The summed E-state index contributed by atoms with van der Waals surface area (Å²) in [7, 11) is -1.71. The van der Waals surface area contributed by atoms with Crippen molar-refractivity contribution >= 4 is 21.6 Å². The number of anilines is 1. The number of nitrogens with one attached hydrogen (secondary N) is 1. The zero-order valence-corrected chi connectivity index (χ0v) is 15.5. The molecule has 0 spiro atoms. The van der Waals surface area contributed by atoms with Gasteiger partial charge < -0.3 is 10.1 Å². The van der Waals surface area contributed by atoms with Crippen molar-refractivity contribution in [3.05, 3.63) is 52.9 Å². The van der Waals surface area contributed by atoms with E-state index in [1.165, 1.54) is 6.26 Å². The lowest BCUT2D eigenvalue weighted by Gasteiger charge is -2.14. The van der Waals surface area contributed by atoms with Crippen LogP contribution in [0.25, 0.3) is 6.08 Å². The van der Waals surface area contributed by atoms with Crippen LogP contribution < -0.4 is 10.1 Å². The van der Waals surface area contributed by atoms with Crippen molar-refractivity contribution in [2.24, 2.45) is 0 Å². The summed E-state index contributed by atoms with van der Waals surface area (Å²) < 4.78 is 28.9. The van der Waals surface area contributed by atoms with Crippen LogP contribution in [0.15, 0.2) is 35.2 Å². The van der Waals surface area contributed by atoms with E-state index in [9.17, 15) is 8.42 Å². The van der Waals surface area contributed by atoms with Crippen LogP contribution in [0.1, 0.15) is 29.4 Å². The molecule has 5 nitrogen and oxygen atoms in total. The summed E-state index contributed by atoms with van der Waals surface area (Å²) in [5.74, 6) is 0.563. The summed E-state index contributed by atoms with van der Waals surface area (Å²) >= 11 is 0. The number of nitrogens with zero attached hydrogens (tertiary/aromatic N) is 1. The molecule has 0 fully saturated rings. The van der Waals surface area contributed by atoms with E-state index in [-0.39, 0.29) is 4.90 Å². The van der Waals surface area contributed by atoms with E-state index in [4.69, 9.17) is 9.72 Å². The van der Waals surface area contributed by atoms with Gasteiger partial charge in [-0.15, -0.1) is 0 Å². The number of benzene rings is 1. The van der Waals surface area contributed by atoms with Gasteiger partial charge in [0.2, 0.25) is 0 Å². The Hall–Kier alpha value is -2.34. The second kappa shape index (κ2) is 6.88. The number of sulfone groups is 1. The van der Waals surface area contributed by atoms with Gasteiger partial charge in [0, 0.05) is 48.2 Å². The van der Waals surface area contributed by atoms with Crippen LogP contribution in [0.4, 0.5) is 5.69 Å². The second-order valence-electron chi connectivity index (χ2n) is 6.08. The van der Waals surface area contributed by atoms with Gasteiger partial charge in [0.15, 0.2) is 9.84 Å². The summed E-state index contributed by atoms with van der Waals surface area (Å²) in [6, 6.07) is 7.05. The number of hydrogen-bond donors (Lipinski definition) is 1. The topological polar surface area (TPSA) is 68.3 Å². The molecule has 2 aromatic rings. The highest BCUT2D eigenvalue weighted by Crippen LogP contribution is 2.30. The van der Waals surface area contributed by atoms with Crippen molar-refractivity contribution in [3.63, 3.8) is 0 Å². The Bertz CT molecular complexity index is 934. The molecule has 0 atom stereocenters. The van der Waals surface area contributed by atoms with Crippen molar-refractivity contribution < 1.29 is 13.2 Å². The Morgan fingerprint density at radius 1 is 1.28 bits per heavy atom. The highest BCUT2D eigenvalue weighted by atomic mass is 32.2. The maximum Gasteiger partial charge on any atom is 0.175 e. The first-order valence-electron chi connectivity index (χ1n) is 8.22. The second-order valence-corrected chi connectivity index (χ2v) is 8.10. The Morgan fingerprint density at radius 2 is 2.08 bits per heavy atom. The molecule has 1 aromatic heterocycles. The van der Waals surface area contributed by atoms with E-state index in [0.29, 0.717) is 12.2 Å². The van der Waals surface area contributed by atoms with Gasteiger partial charge in [0.05, 0.1) is 17.7 Å². The maximum atomic E-state index is 11.7. The molecule has 0 unspecified atom stereocenters. The van der Waals surface area contributed by atoms with Crippen molar-refractivity contribution in [1.82, 2.24) is 4.98 Å². The zero-order chi connectivity index (χ0) is 18.0. The highest BCUT2D eigenvalue weighted by Gasteiger charge is 2.16. The van der Waals surface area contributed by atoms with Crippen molar-refractivity contribution in [2.45, 2.75) is 24.7 Å². The Kier molecular flexibility index (Phi) is 4.81. The Morgan fingerprint density at radius 3 is 2.76 bits per heavy atom. The summed E-state index contributed by atoms with van der Waals surface area (Å²) in [5.41, 5.74) is 5.16. The fraction of sp³-hybridized carbons (Fsp3) is 0.316. The minimum absolute atomic E-state index is 0.257. The number of aromatic nitrogens is 1. The number of hydrogen-bond acceptors (Lipinski definition) is 5. The number of methoxy groups -OCH3 is 1. The molecule has 0 amide bonds. The fourth-order valence-corrected chi connectivity index (χ4v) is 3.66. The first-order chi connectivity index (χ1) is 11.9. The average Bonchev–Trinajstić information content (AvgIpc) is 3.03. The number of pyridine rings is 1. The molecule has 1 aromatic carbocycles. The molecule has 1 N–H and O–H groups in total. The summed E-state index contributed by atoms with van der Waals surface area (Å²) in [6.07, 6.45) is 6.83. The molecule has 0 saturated carbocycles. The van der Waals surface area contributed by atoms with E-state index in [1.54, 1.807) is 25.3 Å². The van der Waals surface area contributed by atoms with Crippen molar-refractivity contribution in [3.8, 4) is 5.75 Å². The minimum atomic E-state index is -3.26. The van der Waals surface area contributed by atoms with E-state index in [0.717, 1.165) is 41.2 Å². The molecule has 1 aliphatic rings. The lowest BCUT2D eigenvalue weighted by Crippen LogP contribution is -2.05. The van der Waals surface area contributed by atoms with Crippen LogP contribution >= 0.6 is 0 Å². The van der Waals surface area contributed by atoms with Gasteiger partial charge in [-0.1, -0.05) is 18.2 Å². The molecular formula is C19H22N2O3S. The number of allylic oxidation sites excluding steroid dienone is 1. The molecule has 3 rings (SSSR count). The van der Waals surface area contributed by atoms with Gasteiger partial charge in [0.25, 0.3) is 0 Å². The molecular weight excluding hydrogens is 336 g/mol. The first-order valence-corrected chi connectivity index (χ1v) is 10.1. The van der Waals surface area contributed by atoms with Crippen LogP contribution in [0.2, 0.25) is 0 Å². The van der Waals surface area contributed by atoms with E-state index in [2.05, 4.69) is 30.5 Å². The lowest BCUT2D eigenvalue weighted by molar-refractivity contribution is 0.409. The average molecular weight is 358 g/mol. The number of ether oxygens (including phenoxy) is 1. The molecule has 0 bridgehead atoms. The van der Waals surface area contributed by atoms with Crippen LogP contribution in [0.5, 0.6) is 5.75 Å². The SMILES string of the molecule is CCNc1cc(Cc2ccc(S(C)(=O)=O)cc2OC)nc2c1C=CC2. The van der Waals surface area contributed by atoms with Crippen molar-refractivity contribution in [1.29, 1.82) is 0 Å². The van der Waals surface area contributed by atoms with Crippen LogP contribution in [-0.4, -0.2) is 33.3 Å². The first kappa shape index (κ1) is 17.5. The Balaban J connectivity index is 1.96. The third kappa shape index (κ3) is 3.69. The summed E-state index contributed by atoms with van der Waals surface area (Å²) in [6.45, 7) is 2.91. The van der Waals surface area contributed by atoms with Gasteiger partial charge in [0.1, 0.15) is 5.75 Å². The molecule has 1 aliphatic carbocycles. The zero-order valence-electron chi connectivity index (χ0n) is 14.7. The standard InChI is InChI=1S/C19H22N2O3S/c1-4-20-18-11-14(21-17-7-5-6-16(17)18)10-13-8-9-15(25(3,22)23)12-19(13)24-2/h5-6,8-9,11-12H,4,7,10H2,1-3H3,(H,20,21). The van der Waals surface area contributed by atoms with E-state index < -0.39 is 9.84 Å². The van der Waals surface area contributed by atoms with Crippen LogP contribution in [0.3, 0.4) is 0 Å². The third-order valence-electron chi connectivity index (χ3n) is 4.21. The molecule has 1 heterocycles. The van der Waals surface area contributed by atoms with Gasteiger partial charge in [-0.3, -0.25) is 4.98 Å². The normalized spacial score (nSPS) is 12.9. The largest absolute Gasteiger partial charge is 0.496 e. The van der Waals surface area contributed by atoms with Crippen molar-refractivity contribution in [2.75, 3.05) is 25.2 Å². The quantitative estimate of drug-likeness (QED) is 0.859. The fourth-order valence-electron chi connectivity index (χ4n) is 3.02. The highest BCUT2D eigenvalue weighted by molar-refractivity contribution is 7.90. The third-order valence-corrected chi connectivity index (χ3v) is 5.32.